The molecule has 3 rings (SSSR count). The first-order valence-electron chi connectivity index (χ1n) is 7.49. The van der Waals surface area contributed by atoms with Crippen LogP contribution in [0.2, 0.25) is 0 Å². The standard InChI is InChI=1S/C17H17IN4O2/c1-9-6-12(18)4-5-14(9)20-16(23)7-13-10(2)19-15-8-17(24)21-22(15)11(13)3/h4-6,8H,7H2,1-3H3,(H,20,23)(H,21,24). The van der Waals surface area contributed by atoms with Crippen molar-refractivity contribution in [1.29, 1.82) is 0 Å². The number of rotatable bonds is 3. The van der Waals surface area contributed by atoms with E-state index in [1.165, 1.54) is 6.07 Å². The smallest absolute Gasteiger partial charge is 0.266 e. The zero-order valence-corrected chi connectivity index (χ0v) is 15.8. The number of anilines is 1. The van der Waals surface area contributed by atoms with Gasteiger partial charge in [-0.1, -0.05) is 0 Å². The highest BCUT2D eigenvalue weighted by Gasteiger charge is 2.14. The summed E-state index contributed by atoms with van der Waals surface area (Å²) < 4.78 is 2.75. The molecule has 6 nitrogen and oxygen atoms in total. The third kappa shape index (κ3) is 3.21. The van der Waals surface area contributed by atoms with E-state index in [0.717, 1.165) is 31.8 Å². The van der Waals surface area contributed by atoms with Gasteiger partial charge in [-0.2, -0.15) is 0 Å². The average Bonchev–Trinajstić information content (AvgIpc) is 2.87. The van der Waals surface area contributed by atoms with Crippen molar-refractivity contribution in [2.45, 2.75) is 27.2 Å². The summed E-state index contributed by atoms with van der Waals surface area (Å²) in [6.07, 6.45) is 0.201. The molecule has 0 spiro atoms. The van der Waals surface area contributed by atoms with Gasteiger partial charge < -0.3 is 5.32 Å². The summed E-state index contributed by atoms with van der Waals surface area (Å²) in [6, 6.07) is 7.32. The molecule has 0 saturated carbocycles. The van der Waals surface area contributed by atoms with E-state index >= 15 is 0 Å². The number of hydrogen-bond acceptors (Lipinski definition) is 3. The summed E-state index contributed by atoms with van der Waals surface area (Å²) >= 11 is 2.24. The highest BCUT2D eigenvalue weighted by Crippen LogP contribution is 2.19. The van der Waals surface area contributed by atoms with Crippen LogP contribution >= 0.6 is 22.6 Å². The molecule has 7 heteroatoms. The Kier molecular flexibility index (Phi) is 4.44. The van der Waals surface area contributed by atoms with E-state index in [4.69, 9.17) is 0 Å². The maximum Gasteiger partial charge on any atom is 0.266 e. The number of halogens is 1. The molecular weight excluding hydrogens is 419 g/mol. The lowest BCUT2D eigenvalue weighted by molar-refractivity contribution is -0.115. The van der Waals surface area contributed by atoms with Crippen molar-refractivity contribution >= 4 is 39.8 Å². The van der Waals surface area contributed by atoms with Gasteiger partial charge in [0.05, 0.1) is 6.42 Å². The lowest BCUT2D eigenvalue weighted by Gasteiger charge is -2.13. The molecule has 0 atom stereocenters. The number of carbonyl (C=O) groups is 1. The lowest BCUT2D eigenvalue weighted by Crippen LogP contribution is -2.18. The highest BCUT2D eigenvalue weighted by atomic mass is 127. The Bertz CT molecular complexity index is 1000. The average molecular weight is 436 g/mol. The van der Waals surface area contributed by atoms with E-state index in [2.05, 4.69) is 38.0 Å². The zero-order valence-electron chi connectivity index (χ0n) is 13.6. The topological polar surface area (TPSA) is 79.3 Å². The van der Waals surface area contributed by atoms with Gasteiger partial charge in [0, 0.05) is 32.3 Å². The van der Waals surface area contributed by atoms with E-state index in [9.17, 15) is 9.59 Å². The SMILES string of the molecule is Cc1cc(I)ccc1NC(=O)Cc1c(C)nc2cc(=O)[nH]n2c1C. The fraction of sp³-hybridized carbons (Fsp3) is 0.235. The number of aromatic nitrogens is 3. The summed E-state index contributed by atoms with van der Waals surface area (Å²) in [5, 5.41) is 5.64. The third-order valence-electron chi connectivity index (χ3n) is 4.00. The molecule has 3 aromatic rings. The Hall–Kier alpha value is -2.16. The number of hydrogen-bond donors (Lipinski definition) is 2. The molecule has 2 heterocycles. The second-order valence-corrected chi connectivity index (χ2v) is 7.01. The van der Waals surface area contributed by atoms with Crippen molar-refractivity contribution in [3.8, 4) is 0 Å². The number of carbonyl (C=O) groups excluding carboxylic acids is 1. The van der Waals surface area contributed by atoms with Crippen LogP contribution in [0.4, 0.5) is 5.69 Å². The Morgan fingerprint density at radius 3 is 2.75 bits per heavy atom. The monoisotopic (exact) mass is 436 g/mol. The maximum atomic E-state index is 12.4. The number of benzene rings is 1. The quantitative estimate of drug-likeness (QED) is 0.620. The fourth-order valence-electron chi connectivity index (χ4n) is 2.73. The molecule has 0 unspecified atom stereocenters. The van der Waals surface area contributed by atoms with Crippen molar-refractivity contribution in [3.63, 3.8) is 0 Å². The van der Waals surface area contributed by atoms with Crippen molar-refractivity contribution < 1.29 is 4.79 Å². The summed E-state index contributed by atoms with van der Waals surface area (Å²) in [6.45, 7) is 5.69. The molecule has 0 aliphatic rings. The van der Waals surface area contributed by atoms with Crippen LogP contribution in [0, 0.1) is 24.3 Å². The van der Waals surface area contributed by atoms with Gasteiger partial charge in [0.25, 0.3) is 5.56 Å². The summed E-state index contributed by atoms with van der Waals surface area (Å²) in [4.78, 5) is 28.3. The summed E-state index contributed by atoms with van der Waals surface area (Å²) in [5.74, 6) is -0.110. The molecule has 1 aromatic carbocycles. The molecule has 0 aliphatic heterocycles. The number of nitrogens with zero attached hydrogens (tertiary/aromatic N) is 2. The number of fused-ring (bicyclic) bond motifs is 1. The van der Waals surface area contributed by atoms with Crippen molar-refractivity contribution in [2.24, 2.45) is 0 Å². The van der Waals surface area contributed by atoms with E-state index < -0.39 is 0 Å². The third-order valence-corrected chi connectivity index (χ3v) is 4.67. The molecule has 0 radical (unpaired) electrons. The van der Waals surface area contributed by atoms with Crippen LogP contribution in [-0.4, -0.2) is 20.5 Å². The summed E-state index contributed by atoms with van der Waals surface area (Å²) in [7, 11) is 0. The van der Waals surface area contributed by atoms with Crippen molar-refractivity contribution in [1.82, 2.24) is 14.6 Å². The Morgan fingerprint density at radius 2 is 2.04 bits per heavy atom. The van der Waals surface area contributed by atoms with Gasteiger partial charge in [-0.05, 0) is 67.1 Å². The number of H-pyrrole nitrogens is 1. The molecule has 2 aromatic heterocycles. The molecule has 2 N–H and O–H groups in total. The van der Waals surface area contributed by atoms with Crippen molar-refractivity contribution in [3.05, 3.63) is 60.7 Å². The molecule has 0 fully saturated rings. The first-order valence-corrected chi connectivity index (χ1v) is 8.57. The first kappa shape index (κ1) is 16.7. The van der Waals surface area contributed by atoms with E-state index in [0.29, 0.717) is 5.65 Å². The summed E-state index contributed by atoms with van der Waals surface area (Å²) in [5.41, 5.74) is 4.56. The van der Waals surface area contributed by atoms with Crippen molar-refractivity contribution in [2.75, 3.05) is 5.32 Å². The van der Waals surface area contributed by atoms with Crippen LogP contribution in [0.15, 0.2) is 29.1 Å². The molecule has 1 amide bonds. The van der Waals surface area contributed by atoms with Crippen LogP contribution in [0.25, 0.3) is 5.65 Å². The van der Waals surface area contributed by atoms with Crippen LogP contribution in [0.5, 0.6) is 0 Å². The van der Waals surface area contributed by atoms with Gasteiger partial charge in [-0.25, -0.2) is 9.50 Å². The predicted molar refractivity (Wildman–Crippen MR) is 102 cm³/mol. The minimum absolute atomic E-state index is 0.110. The first-order chi connectivity index (χ1) is 11.3. The largest absolute Gasteiger partial charge is 0.326 e. The zero-order chi connectivity index (χ0) is 17.4. The van der Waals surface area contributed by atoms with Crippen LogP contribution in [-0.2, 0) is 11.2 Å². The van der Waals surface area contributed by atoms with Gasteiger partial charge in [-0.3, -0.25) is 14.7 Å². The fourth-order valence-corrected chi connectivity index (χ4v) is 3.38. The maximum absolute atomic E-state index is 12.4. The van der Waals surface area contributed by atoms with Gasteiger partial charge in [0.15, 0.2) is 5.65 Å². The molecular formula is C17H17IN4O2. The Balaban J connectivity index is 1.89. The molecule has 24 heavy (non-hydrogen) atoms. The molecule has 0 saturated heterocycles. The van der Waals surface area contributed by atoms with Crippen LogP contribution in [0.3, 0.4) is 0 Å². The number of aryl methyl sites for hydroxylation is 3. The van der Waals surface area contributed by atoms with Gasteiger partial charge in [0.2, 0.25) is 5.91 Å². The van der Waals surface area contributed by atoms with Crippen LogP contribution < -0.4 is 10.9 Å². The van der Waals surface area contributed by atoms with Gasteiger partial charge in [0.1, 0.15) is 0 Å². The lowest BCUT2D eigenvalue weighted by atomic mass is 10.1. The molecule has 0 bridgehead atoms. The Morgan fingerprint density at radius 1 is 1.29 bits per heavy atom. The van der Waals surface area contributed by atoms with Crippen LogP contribution in [0.1, 0.15) is 22.5 Å². The minimum atomic E-state index is -0.207. The second-order valence-electron chi connectivity index (χ2n) is 5.76. The number of amides is 1. The molecule has 124 valence electrons. The van der Waals surface area contributed by atoms with E-state index in [-0.39, 0.29) is 17.9 Å². The Labute approximate surface area is 152 Å². The second kappa shape index (κ2) is 6.39. The van der Waals surface area contributed by atoms with Gasteiger partial charge >= 0.3 is 0 Å². The predicted octanol–water partition coefficient (Wildman–Crippen LogP) is 2.73. The van der Waals surface area contributed by atoms with E-state index in [1.54, 1.807) is 4.52 Å². The number of aromatic amines is 1. The number of nitrogens with one attached hydrogen (secondary N) is 2. The highest BCUT2D eigenvalue weighted by molar-refractivity contribution is 14.1. The van der Waals surface area contributed by atoms with E-state index in [1.807, 2.05) is 39.0 Å². The minimum Gasteiger partial charge on any atom is -0.326 e. The van der Waals surface area contributed by atoms with Gasteiger partial charge in [-0.15, -0.1) is 0 Å². The molecule has 0 aliphatic carbocycles. The normalized spacial score (nSPS) is 11.0.